The Bertz CT molecular complexity index is 999. The summed E-state index contributed by atoms with van der Waals surface area (Å²) in [5, 5.41) is 11.2. The highest BCUT2D eigenvalue weighted by atomic mass is 16.6. The maximum absolute atomic E-state index is 11.2. The lowest BCUT2D eigenvalue weighted by molar-refractivity contribution is -0.385. The summed E-state index contributed by atoms with van der Waals surface area (Å²) in [6.45, 7) is 3.83. The number of pyridine rings is 1. The highest BCUT2D eigenvalue weighted by molar-refractivity contribution is 5.56. The molecule has 0 N–H and O–H groups in total. The lowest BCUT2D eigenvalue weighted by atomic mass is 10.1. The molecular formula is C19H17N3O3. The number of fused-ring (bicyclic) bond motifs is 1. The van der Waals surface area contributed by atoms with Gasteiger partial charge in [-0.15, -0.1) is 12.3 Å². The topological polar surface area (TPSA) is 69.7 Å². The van der Waals surface area contributed by atoms with Crippen LogP contribution in [-0.2, 0) is 13.0 Å². The molecule has 0 saturated heterocycles. The third-order valence-corrected chi connectivity index (χ3v) is 4.14. The number of hydrogen-bond donors (Lipinski definition) is 0. The molecule has 2 heterocycles. The number of benzene rings is 1. The number of aromatic nitrogens is 2. The molecule has 126 valence electrons. The SMILES string of the molecule is C#CCc1c(C)nc2c(OCc3c(C)cccc3[N+](=O)[O-])cccn12. The number of nitrogens with zero attached hydrogens (tertiary/aromatic N) is 3. The van der Waals surface area contributed by atoms with Gasteiger partial charge in [0.2, 0.25) is 0 Å². The molecule has 3 aromatic rings. The van der Waals surface area contributed by atoms with Crippen molar-refractivity contribution < 1.29 is 9.66 Å². The van der Waals surface area contributed by atoms with Crippen molar-refractivity contribution in [1.29, 1.82) is 0 Å². The van der Waals surface area contributed by atoms with E-state index in [1.54, 1.807) is 12.1 Å². The zero-order valence-electron chi connectivity index (χ0n) is 14.0. The van der Waals surface area contributed by atoms with Gasteiger partial charge in [-0.1, -0.05) is 12.1 Å². The maximum Gasteiger partial charge on any atom is 0.276 e. The summed E-state index contributed by atoms with van der Waals surface area (Å²) in [6.07, 6.45) is 7.78. The zero-order valence-corrected chi connectivity index (χ0v) is 14.0. The van der Waals surface area contributed by atoms with Gasteiger partial charge in [-0.3, -0.25) is 14.5 Å². The van der Waals surface area contributed by atoms with E-state index in [0.29, 0.717) is 23.4 Å². The fraction of sp³-hybridized carbons (Fsp3) is 0.211. The average Bonchev–Trinajstić information content (AvgIpc) is 2.90. The molecule has 0 radical (unpaired) electrons. The van der Waals surface area contributed by atoms with Crippen molar-refractivity contribution in [2.24, 2.45) is 0 Å². The van der Waals surface area contributed by atoms with E-state index < -0.39 is 4.92 Å². The second kappa shape index (κ2) is 6.65. The number of nitro benzene ring substituents is 1. The molecule has 6 heteroatoms. The van der Waals surface area contributed by atoms with Crippen LogP contribution in [0.25, 0.3) is 5.65 Å². The van der Waals surface area contributed by atoms with Crippen molar-refractivity contribution in [3.8, 4) is 18.1 Å². The van der Waals surface area contributed by atoms with Crippen LogP contribution in [0, 0.1) is 36.3 Å². The minimum atomic E-state index is -0.392. The van der Waals surface area contributed by atoms with E-state index >= 15 is 0 Å². The summed E-state index contributed by atoms with van der Waals surface area (Å²) >= 11 is 0. The van der Waals surface area contributed by atoms with Gasteiger partial charge in [0.15, 0.2) is 11.4 Å². The molecule has 0 amide bonds. The molecule has 0 bridgehead atoms. The summed E-state index contributed by atoms with van der Waals surface area (Å²) in [5.41, 5.74) is 3.86. The molecule has 0 aliphatic rings. The fourth-order valence-corrected chi connectivity index (χ4v) is 2.82. The lowest BCUT2D eigenvalue weighted by Gasteiger charge is -2.10. The van der Waals surface area contributed by atoms with Crippen LogP contribution in [0.5, 0.6) is 5.75 Å². The van der Waals surface area contributed by atoms with Gasteiger partial charge in [-0.25, -0.2) is 4.98 Å². The smallest absolute Gasteiger partial charge is 0.276 e. The fourth-order valence-electron chi connectivity index (χ4n) is 2.82. The van der Waals surface area contributed by atoms with E-state index in [-0.39, 0.29) is 12.3 Å². The lowest BCUT2D eigenvalue weighted by Crippen LogP contribution is -2.04. The van der Waals surface area contributed by atoms with Crippen LogP contribution in [0.4, 0.5) is 5.69 Å². The maximum atomic E-state index is 11.2. The number of imidazole rings is 1. The third-order valence-electron chi connectivity index (χ3n) is 4.14. The van der Waals surface area contributed by atoms with Crippen molar-refractivity contribution >= 4 is 11.3 Å². The van der Waals surface area contributed by atoms with E-state index in [1.165, 1.54) is 6.07 Å². The molecule has 6 nitrogen and oxygen atoms in total. The van der Waals surface area contributed by atoms with Crippen LogP contribution in [0.2, 0.25) is 0 Å². The molecule has 1 aromatic carbocycles. The van der Waals surface area contributed by atoms with Crippen LogP contribution in [-0.4, -0.2) is 14.3 Å². The number of nitro groups is 1. The summed E-state index contributed by atoms with van der Waals surface area (Å²) in [7, 11) is 0. The Labute approximate surface area is 145 Å². The minimum absolute atomic E-state index is 0.0551. The molecule has 2 aromatic heterocycles. The van der Waals surface area contributed by atoms with Gasteiger partial charge >= 0.3 is 0 Å². The average molecular weight is 335 g/mol. The van der Waals surface area contributed by atoms with Gasteiger partial charge in [0, 0.05) is 12.3 Å². The van der Waals surface area contributed by atoms with Crippen LogP contribution in [0.3, 0.4) is 0 Å². The van der Waals surface area contributed by atoms with E-state index in [0.717, 1.165) is 17.0 Å². The first-order chi connectivity index (χ1) is 12.0. The summed E-state index contributed by atoms with van der Waals surface area (Å²) in [6, 6.07) is 8.62. The Kier molecular flexibility index (Phi) is 4.40. The Balaban J connectivity index is 1.97. The number of aryl methyl sites for hydroxylation is 2. The summed E-state index contributed by atoms with van der Waals surface area (Å²) in [4.78, 5) is 15.4. The summed E-state index contributed by atoms with van der Waals surface area (Å²) in [5.74, 6) is 3.19. The standard InChI is InChI=1S/C19H17N3O3/c1-4-7-16-14(3)20-19-18(10-6-11-21(16)19)25-12-15-13(2)8-5-9-17(15)22(23)24/h1,5-6,8-11H,7,12H2,2-3H3. The normalized spacial score (nSPS) is 10.6. The minimum Gasteiger partial charge on any atom is -0.485 e. The van der Waals surface area contributed by atoms with Crippen molar-refractivity contribution in [2.45, 2.75) is 26.9 Å². The summed E-state index contributed by atoms with van der Waals surface area (Å²) < 4.78 is 7.78. The molecule has 0 aliphatic carbocycles. The van der Waals surface area contributed by atoms with Gasteiger partial charge < -0.3 is 4.74 Å². The molecule has 0 atom stereocenters. The third kappa shape index (κ3) is 3.04. The van der Waals surface area contributed by atoms with Gasteiger partial charge in [0.25, 0.3) is 5.69 Å². The number of ether oxygens (including phenoxy) is 1. The molecule has 0 fully saturated rings. The second-order valence-electron chi connectivity index (χ2n) is 5.71. The van der Waals surface area contributed by atoms with Gasteiger partial charge in [0.05, 0.1) is 28.3 Å². The van der Waals surface area contributed by atoms with Crippen LogP contribution in [0.1, 0.15) is 22.5 Å². The van der Waals surface area contributed by atoms with Crippen molar-refractivity contribution in [3.05, 3.63) is 69.2 Å². The van der Waals surface area contributed by atoms with Gasteiger partial charge in [0.1, 0.15) is 6.61 Å². The van der Waals surface area contributed by atoms with Crippen LogP contribution in [0.15, 0.2) is 36.5 Å². The van der Waals surface area contributed by atoms with Crippen LogP contribution >= 0.6 is 0 Å². The molecule has 25 heavy (non-hydrogen) atoms. The Hall–Kier alpha value is -3.33. The predicted octanol–water partition coefficient (Wildman–Crippen LogP) is 3.61. The Morgan fingerprint density at radius 3 is 2.84 bits per heavy atom. The monoisotopic (exact) mass is 335 g/mol. The van der Waals surface area contributed by atoms with Crippen molar-refractivity contribution in [1.82, 2.24) is 9.38 Å². The van der Waals surface area contributed by atoms with Gasteiger partial charge in [-0.05, 0) is 31.5 Å². The Morgan fingerprint density at radius 2 is 2.12 bits per heavy atom. The first kappa shape index (κ1) is 16.5. The highest BCUT2D eigenvalue weighted by Gasteiger charge is 2.17. The quantitative estimate of drug-likeness (QED) is 0.406. The van der Waals surface area contributed by atoms with Crippen molar-refractivity contribution in [2.75, 3.05) is 0 Å². The first-order valence-corrected chi connectivity index (χ1v) is 7.78. The van der Waals surface area contributed by atoms with E-state index in [9.17, 15) is 10.1 Å². The van der Waals surface area contributed by atoms with Crippen molar-refractivity contribution in [3.63, 3.8) is 0 Å². The Morgan fingerprint density at radius 1 is 1.32 bits per heavy atom. The van der Waals surface area contributed by atoms with E-state index in [4.69, 9.17) is 11.2 Å². The van der Waals surface area contributed by atoms with Crippen LogP contribution < -0.4 is 4.74 Å². The highest BCUT2D eigenvalue weighted by Crippen LogP contribution is 2.26. The molecule has 0 spiro atoms. The predicted molar refractivity (Wildman–Crippen MR) is 94.6 cm³/mol. The molecule has 0 saturated carbocycles. The van der Waals surface area contributed by atoms with E-state index in [1.807, 2.05) is 36.6 Å². The first-order valence-electron chi connectivity index (χ1n) is 7.78. The number of rotatable bonds is 5. The molecule has 0 aliphatic heterocycles. The number of terminal acetylenes is 1. The zero-order chi connectivity index (χ0) is 18.0. The molecule has 0 unspecified atom stereocenters. The molecular weight excluding hydrogens is 318 g/mol. The largest absolute Gasteiger partial charge is 0.485 e. The second-order valence-corrected chi connectivity index (χ2v) is 5.71. The molecule has 3 rings (SSSR count). The van der Waals surface area contributed by atoms with E-state index in [2.05, 4.69) is 10.9 Å². The van der Waals surface area contributed by atoms with Gasteiger partial charge in [-0.2, -0.15) is 0 Å². The number of hydrogen-bond acceptors (Lipinski definition) is 4.